The molecule has 0 radical (unpaired) electrons. The highest BCUT2D eigenvalue weighted by atomic mass is 19.3. The van der Waals surface area contributed by atoms with Crippen LogP contribution in [0.15, 0.2) is 6.07 Å². The molecule has 2 rings (SSSR count). The third kappa shape index (κ3) is 4.25. The lowest BCUT2D eigenvalue weighted by Gasteiger charge is -2.33. The Kier molecular flexibility index (Phi) is 5.50. The smallest absolute Gasteiger partial charge is 0.274 e. The number of halogens is 2. The van der Waals surface area contributed by atoms with E-state index in [1.54, 1.807) is 27.6 Å². The van der Waals surface area contributed by atoms with Crippen molar-refractivity contribution in [3.8, 4) is 0 Å². The van der Waals surface area contributed by atoms with Gasteiger partial charge in [-0.25, -0.2) is 8.78 Å². The van der Waals surface area contributed by atoms with E-state index in [0.717, 1.165) is 18.5 Å². The number of hydrogen-bond acceptors (Lipinski definition) is 3. The summed E-state index contributed by atoms with van der Waals surface area (Å²) in [6.07, 6.45) is -0.565. The van der Waals surface area contributed by atoms with Crippen molar-refractivity contribution in [3.05, 3.63) is 17.5 Å². The highest BCUT2D eigenvalue weighted by Gasteiger charge is 2.24. The zero-order valence-electron chi connectivity index (χ0n) is 13.4. The molecule has 1 aromatic rings. The number of carbonyl (C=O) groups is 1. The quantitative estimate of drug-likeness (QED) is 0.832. The first-order valence-corrected chi connectivity index (χ1v) is 7.63. The lowest BCUT2D eigenvalue weighted by atomic mass is 9.96. The molecule has 124 valence electrons. The Morgan fingerprint density at radius 2 is 2.09 bits per heavy atom. The minimum absolute atomic E-state index is 0.0845. The third-order valence-corrected chi connectivity index (χ3v) is 4.32. The fourth-order valence-electron chi connectivity index (χ4n) is 2.88. The van der Waals surface area contributed by atoms with Crippen molar-refractivity contribution in [3.63, 3.8) is 0 Å². The number of hydrogen-bond donors (Lipinski definition) is 0. The topological polar surface area (TPSA) is 41.4 Å². The van der Waals surface area contributed by atoms with Crippen molar-refractivity contribution in [2.45, 2.75) is 26.2 Å². The Hall–Kier alpha value is -1.50. The van der Waals surface area contributed by atoms with Crippen LogP contribution in [-0.4, -0.2) is 65.1 Å². The number of aromatic nitrogens is 2. The molecule has 1 aliphatic rings. The van der Waals surface area contributed by atoms with Gasteiger partial charge in [-0.3, -0.25) is 14.4 Å². The van der Waals surface area contributed by atoms with Gasteiger partial charge in [0.1, 0.15) is 0 Å². The predicted molar refractivity (Wildman–Crippen MR) is 80.1 cm³/mol. The summed E-state index contributed by atoms with van der Waals surface area (Å²) < 4.78 is 26.4. The predicted octanol–water partition coefficient (Wildman–Crippen LogP) is 1.78. The Labute approximate surface area is 129 Å². The Balaban J connectivity index is 1.82. The van der Waals surface area contributed by atoms with Gasteiger partial charge in [-0.15, -0.1) is 0 Å². The molecule has 2 heterocycles. The van der Waals surface area contributed by atoms with Crippen LogP contribution in [0.1, 0.15) is 29.0 Å². The molecule has 1 fully saturated rings. The van der Waals surface area contributed by atoms with E-state index in [4.69, 9.17) is 0 Å². The van der Waals surface area contributed by atoms with E-state index in [0.29, 0.717) is 31.2 Å². The number of rotatable bonds is 5. The van der Waals surface area contributed by atoms with Crippen molar-refractivity contribution in [1.82, 2.24) is 19.6 Å². The highest BCUT2D eigenvalue weighted by Crippen LogP contribution is 2.19. The van der Waals surface area contributed by atoms with Gasteiger partial charge in [0.05, 0.1) is 6.54 Å². The largest absolute Gasteiger partial charge is 0.340 e. The van der Waals surface area contributed by atoms with Gasteiger partial charge in [0.15, 0.2) is 5.69 Å². The van der Waals surface area contributed by atoms with Crippen molar-refractivity contribution < 1.29 is 13.6 Å². The number of alkyl halides is 2. The van der Waals surface area contributed by atoms with Crippen LogP contribution < -0.4 is 0 Å². The average molecular weight is 314 g/mol. The Morgan fingerprint density at radius 1 is 1.45 bits per heavy atom. The number of amides is 1. The lowest BCUT2D eigenvalue weighted by molar-refractivity contribution is 0.0596. The standard InChI is InChI=1S/C15H24F2N4O/c1-11-8-13(18-20(11)3)15(22)19(2)9-12-4-6-21(7-5-12)10-14(16)17/h8,12,14H,4-7,9-10H2,1-3H3. The summed E-state index contributed by atoms with van der Waals surface area (Å²) >= 11 is 0. The number of aryl methyl sites for hydroxylation is 2. The van der Waals surface area contributed by atoms with Gasteiger partial charge in [0.2, 0.25) is 0 Å². The summed E-state index contributed by atoms with van der Waals surface area (Å²) in [6, 6.07) is 1.78. The monoisotopic (exact) mass is 314 g/mol. The highest BCUT2D eigenvalue weighted by molar-refractivity contribution is 5.92. The summed E-state index contributed by atoms with van der Waals surface area (Å²) in [5.41, 5.74) is 1.40. The molecule has 0 saturated carbocycles. The molecule has 1 saturated heterocycles. The van der Waals surface area contributed by atoms with E-state index in [1.165, 1.54) is 0 Å². The maximum atomic E-state index is 12.4. The normalized spacial score (nSPS) is 17.2. The number of likely N-dealkylation sites (tertiary alicyclic amines) is 1. The maximum absolute atomic E-state index is 12.4. The molecule has 0 unspecified atom stereocenters. The number of nitrogens with zero attached hydrogens (tertiary/aromatic N) is 4. The summed E-state index contributed by atoms with van der Waals surface area (Å²) in [5.74, 6) is 0.284. The first-order valence-electron chi connectivity index (χ1n) is 7.63. The number of piperidine rings is 1. The summed E-state index contributed by atoms with van der Waals surface area (Å²) in [7, 11) is 3.59. The van der Waals surface area contributed by atoms with Crippen LogP contribution in [0, 0.1) is 12.8 Å². The van der Waals surface area contributed by atoms with Crippen LogP contribution in [0.2, 0.25) is 0 Å². The number of carbonyl (C=O) groups excluding carboxylic acids is 1. The molecular weight excluding hydrogens is 290 g/mol. The van der Waals surface area contributed by atoms with E-state index in [1.807, 2.05) is 14.0 Å². The molecule has 1 aliphatic heterocycles. The summed E-state index contributed by atoms with van der Waals surface area (Å²) in [6.45, 7) is 3.77. The van der Waals surface area contributed by atoms with E-state index in [-0.39, 0.29) is 12.5 Å². The zero-order chi connectivity index (χ0) is 16.3. The molecule has 0 bridgehead atoms. The minimum Gasteiger partial charge on any atom is -0.340 e. The molecule has 7 heteroatoms. The van der Waals surface area contributed by atoms with E-state index < -0.39 is 6.43 Å². The van der Waals surface area contributed by atoms with Crippen LogP contribution in [0.5, 0.6) is 0 Å². The van der Waals surface area contributed by atoms with Gasteiger partial charge in [0.25, 0.3) is 12.3 Å². The van der Waals surface area contributed by atoms with Crippen molar-refractivity contribution >= 4 is 5.91 Å². The van der Waals surface area contributed by atoms with E-state index >= 15 is 0 Å². The van der Waals surface area contributed by atoms with Crippen molar-refractivity contribution in [2.75, 3.05) is 33.2 Å². The molecule has 5 nitrogen and oxygen atoms in total. The van der Waals surface area contributed by atoms with Gasteiger partial charge < -0.3 is 4.90 Å². The van der Waals surface area contributed by atoms with E-state index in [2.05, 4.69) is 5.10 Å². The molecule has 22 heavy (non-hydrogen) atoms. The summed E-state index contributed by atoms with van der Waals surface area (Å²) in [4.78, 5) is 15.8. The van der Waals surface area contributed by atoms with Crippen LogP contribution in [0.3, 0.4) is 0 Å². The van der Waals surface area contributed by atoms with Gasteiger partial charge >= 0.3 is 0 Å². The lowest BCUT2D eigenvalue weighted by Crippen LogP contribution is -2.41. The fraction of sp³-hybridized carbons (Fsp3) is 0.733. The average Bonchev–Trinajstić information content (AvgIpc) is 2.79. The molecule has 1 amide bonds. The molecule has 0 atom stereocenters. The second-order valence-corrected chi connectivity index (χ2v) is 6.12. The molecule has 0 aliphatic carbocycles. The van der Waals surface area contributed by atoms with Crippen LogP contribution in [0.25, 0.3) is 0 Å². The van der Waals surface area contributed by atoms with Crippen LogP contribution in [-0.2, 0) is 7.05 Å². The van der Waals surface area contributed by atoms with Crippen LogP contribution >= 0.6 is 0 Å². The molecule has 0 N–H and O–H groups in total. The van der Waals surface area contributed by atoms with Gasteiger partial charge in [-0.2, -0.15) is 5.10 Å². The Bertz CT molecular complexity index is 490. The SMILES string of the molecule is Cc1cc(C(=O)N(C)CC2CCN(CC(F)F)CC2)nn1C. The van der Waals surface area contributed by atoms with Crippen molar-refractivity contribution in [2.24, 2.45) is 13.0 Å². The molecule has 0 spiro atoms. The second-order valence-electron chi connectivity index (χ2n) is 6.12. The molecule has 1 aromatic heterocycles. The van der Waals surface area contributed by atoms with Crippen molar-refractivity contribution in [1.29, 1.82) is 0 Å². The fourth-order valence-corrected chi connectivity index (χ4v) is 2.88. The van der Waals surface area contributed by atoms with Gasteiger partial charge in [-0.1, -0.05) is 0 Å². The first kappa shape index (κ1) is 16.9. The van der Waals surface area contributed by atoms with Gasteiger partial charge in [-0.05, 0) is 44.8 Å². The zero-order valence-corrected chi connectivity index (χ0v) is 13.4. The van der Waals surface area contributed by atoms with Gasteiger partial charge in [0, 0.05) is 26.3 Å². The Morgan fingerprint density at radius 3 is 2.59 bits per heavy atom. The third-order valence-electron chi connectivity index (χ3n) is 4.32. The first-order chi connectivity index (χ1) is 10.4. The summed E-state index contributed by atoms with van der Waals surface area (Å²) in [5, 5.41) is 4.20. The van der Waals surface area contributed by atoms with E-state index in [9.17, 15) is 13.6 Å². The molecule has 0 aromatic carbocycles. The molecular formula is C15H24F2N4O. The van der Waals surface area contributed by atoms with Crippen LogP contribution in [0.4, 0.5) is 8.78 Å². The second kappa shape index (κ2) is 7.17. The maximum Gasteiger partial charge on any atom is 0.274 e. The minimum atomic E-state index is -2.27.